The molecule has 0 saturated heterocycles. The van der Waals surface area contributed by atoms with E-state index in [1.165, 1.54) is 12.1 Å². The molecule has 0 bridgehead atoms. The SMILES string of the molecule is CC1CC(N)=NN=C1c1cc(F)cc(Cl)c1. The molecule has 1 aliphatic heterocycles. The second-order valence-electron chi connectivity index (χ2n) is 3.84. The van der Waals surface area contributed by atoms with Gasteiger partial charge in [0.05, 0.1) is 5.71 Å². The molecule has 84 valence electrons. The van der Waals surface area contributed by atoms with Crippen molar-refractivity contribution in [3.8, 4) is 0 Å². The monoisotopic (exact) mass is 239 g/mol. The molecule has 0 spiro atoms. The molecule has 1 atom stereocenters. The maximum atomic E-state index is 13.2. The minimum atomic E-state index is -0.375. The Bertz CT molecular complexity index is 462. The van der Waals surface area contributed by atoms with E-state index in [9.17, 15) is 4.39 Å². The van der Waals surface area contributed by atoms with Gasteiger partial charge in [-0.3, -0.25) is 0 Å². The lowest BCUT2D eigenvalue weighted by atomic mass is 9.94. The minimum absolute atomic E-state index is 0.121. The minimum Gasteiger partial charge on any atom is -0.386 e. The summed E-state index contributed by atoms with van der Waals surface area (Å²) in [6, 6.07) is 4.34. The lowest BCUT2D eigenvalue weighted by Gasteiger charge is -2.17. The first-order valence-corrected chi connectivity index (χ1v) is 5.30. The zero-order valence-corrected chi connectivity index (χ0v) is 9.50. The molecule has 2 rings (SSSR count). The van der Waals surface area contributed by atoms with Gasteiger partial charge in [-0.05, 0) is 18.2 Å². The number of nitrogens with two attached hydrogens (primary N) is 1. The molecule has 1 aliphatic rings. The Morgan fingerprint density at radius 1 is 1.38 bits per heavy atom. The summed E-state index contributed by atoms with van der Waals surface area (Å²) in [6.07, 6.45) is 0.632. The van der Waals surface area contributed by atoms with Gasteiger partial charge in [-0.1, -0.05) is 18.5 Å². The number of nitrogens with zero attached hydrogens (tertiary/aromatic N) is 2. The van der Waals surface area contributed by atoms with Gasteiger partial charge in [-0.15, -0.1) is 5.10 Å². The van der Waals surface area contributed by atoms with Crippen LogP contribution in [0.5, 0.6) is 0 Å². The van der Waals surface area contributed by atoms with Crippen molar-refractivity contribution in [2.45, 2.75) is 13.3 Å². The highest BCUT2D eigenvalue weighted by atomic mass is 35.5. The average Bonchev–Trinajstić information content (AvgIpc) is 2.15. The van der Waals surface area contributed by atoms with Crippen molar-refractivity contribution in [1.29, 1.82) is 0 Å². The van der Waals surface area contributed by atoms with Crippen molar-refractivity contribution >= 4 is 23.1 Å². The number of halogens is 2. The first-order chi connectivity index (χ1) is 7.56. The fourth-order valence-corrected chi connectivity index (χ4v) is 1.93. The molecule has 1 unspecified atom stereocenters. The number of hydrogen-bond donors (Lipinski definition) is 1. The van der Waals surface area contributed by atoms with Crippen LogP contribution in [0, 0.1) is 11.7 Å². The smallest absolute Gasteiger partial charge is 0.125 e. The summed E-state index contributed by atoms with van der Waals surface area (Å²) >= 11 is 5.79. The van der Waals surface area contributed by atoms with E-state index in [1.54, 1.807) is 6.07 Å². The quantitative estimate of drug-likeness (QED) is 0.805. The normalized spacial score (nSPS) is 20.3. The van der Waals surface area contributed by atoms with Crippen LogP contribution in [0.2, 0.25) is 5.02 Å². The summed E-state index contributed by atoms with van der Waals surface area (Å²) < 4.78 is 13.2. The summed E-state index contributed by atoms with van der Waals surface area (Å²) in [5.41, 5.74) is 6.95. The number of hydrogen-bond acceptors (Lipinski definition) is 3. The molecule has 5 heteroatoms. The Morgan fingerprint density at radius 2 is 2.12 bits per heavy atom. The molecule has 0 radical (unpaired) electrons. The number of benzene rings is 1. The maximum Gasteiger partial charge on any atom is 0.125 e. The molecule has 16 heavy (non-hydrogen) atoms. The van der Waals surface area contributed by atoms with Gasteiger partial charge in [-0.2, -0.15) is 5.10 Å². The Balaban J connectivity index is 2.44. The molecule has 0 fully saturated rings. The zero-order valence-electron chi connectivity index (χ0n) is 8.74. The Labute approximate surface area is 97.8 Å². The fourth-order valence-electron chi connectivity index (χ4n) is 1.71. The van der Waals surface area contributed by atoms with E-state index < -0.39 is 0 Å². The van der Waals surface area contributed by atoms with Crippen molar-refractivity contribution < 1.29 is 4.39 Å². The summed E-state index contributed by atoms with van der Waals surface area (Å²) in [6.45, 7) is 1.97. The van der Waals surface area contributed by atoms with Crippen LogP contribution in [0.25, 0.3) is 0 Å². The van der Waals surface area contributed by atoms with Crippen LogP contribution >= 0.6 is 11.6 Å². The summed E-state index contributed by atoms with van der Waals surface area (Å²) in [5.74, 6) is 0.244. The van der Waals surface area contributed by atoms with Crippen LogP contribution in [0.15, 0.2) is 28.4 Å². The van der Waals surface area contributed by atoms with Crippen molar-refractivity contribution in [2.24, 2.45) is 21.9 Å². The van der Waals surface area contributed by atoms with E-state index in [0.717, 1.165) is 5.71 Å². The van der Waals surface area contributed by atoms with Crippen LogP contribution in [0.1, 0.15) is 18.9 Å². The molecule has 1 heterocycles. The molecule has 2 N–H and O–H groups in total. The molecule has 1 aromatic rings. The lowest BCUT2D eigenvalue weighted by Crippen LogP contribution is -2.25. The molecule has 0 amide bonds. The molecular formula is C11H11ClFN3. The molecule has 0 aromatic heterocycles. The van der Waals surface area contributed by atoms with Gasteiger partial charge in [0.2, 0.25) is 0 Å². The Hall–Kier alpha value is -1.42. The third-order valence-corrected chi connectivity index (χ3v) is 2.64. The van der Waals surface area contributed by atoms with Gasteiger partial charge in [0.15, 0.2) is 0 Å². The fraction of sp³-hybridized carbons (Fsp3) is 0.273. The van der Waals surface area contributed by atoms with Crippen molar-refractivity contribution in [3.63, 3.8) is 0 Å². The summed E-state index contributed by atoms with van der Waals surface area (Å²) in [5, 5.41) is 8.17. The maximum absolute atomic E-state index is 13.2. The zero-order chi connectivity index (χ0) is 11.7. The van der Waals surface area contributed by atoms with Gasteiger partial charge in [0.25, 0.3) is 0 Å². The first-order valence-electron chi connectivity index (χ1n) is 4.92. The molecular weight excluding hydrogens is 229 g/mol. The largest absolute Gasteiger partial charge is 0.386 e. The highest BCUT2D eigenvalue weighted by Crippen LogP contribution is 2.21. The highest BCUT2D eigenvalue weighted by molar-refractivity contribution is 6.31. The predicted molar refractivity (Wildman–Crippen MR) is 63.4 cm³/mol. The van der Waals surface area contributed by atoms with Gasteiger partial charge in [0.1, 0.15) is 11.7 Å². The van der Waals surface area contributed by atoms with Gasteiger partial charge in [0, 0.05) is 22.9 Å². The molecule has 1 aromatic carbocycles. The van der Waals surface area contributed by atoms with E-state index in [-0.39, 0.29) is 11.7 Å². The highest BCUT2D eigenvalue weighted by Gasteiger charge is 2.19. The van der Waals surface area contributed by atoms with Crippen LogP contribution in [0.4, 0.5) is 4.39 Å². The Morgan fingerprint density at radius 3 is 2.75 bits per heavy atom. The van der Waals surface area contributed by atoms with Crippen LogP contribution in [-0.2, 0) is 0 Å². The Kier molecular flexibility index (Phi) is 2.92. The summed E-state index contributed by atoms with van der Waals surface area (Å²) in [7, 11) is 0. The van der Waals surface area contributed by atoms with Crippen molar-refractivity contribution in [3.05, 3.63) is 34.6 Å². The molecule has 3 nitrogen and oxygen atoms in total. The van der Waals surface area contributed by atoms with Crippen LogP contribution in [-0.4, -0.2) is 11.5 Å². The van der Waals surface area contributed by atoms with Crippen LogP contribution in [0.3, 0.4) is 0 Å². The molecule has 0 aliphatic carbocycles. The predicted octanol–water partition coefficient (Wildman–Crippen LogP) is 2.58. The lowest BCUT2D eigenvalue weighted by molar-refractivity contribution is 0.627. The van der Waals surface area contributed by atoms with Gasteiger partial charge < -0.3 is 5.73 Å². The van der Waals surface area contributed by atoms with E-state index in [4.69, 9.17) is 17.3 Å². The third-order valence-electron chi connectivity index (χ3n) is 2.43. The van der Waals surface area contributed by atoms with E-state index >= 15 is 0 Å². The second kappa shape index (κ2) is 4.22. The van der Waals surface area contributed by atoms with E-state index in [2.05, 4.69) is 10.2 Å². The summed E-state index contributed by atoms with van der Waals surface area (Å²) in [4.78, 5) is 0. The number of amidine groups is 1. The average molecular weight is 240 g/mol. The molecule has 0 saturated carbocycles. The second-order valence-corrected chi connectivity index (χ2v) is 4.28. The standard InChI is InChI=1S/C11H11ClFN3/c1-6-2-10(14)15-16-11(6)7-3-8(12)5-9(13)4-7/h3-6H,2H2,1H3,(H2,14,15). The van der Waals surface area contributed by atoms with Crippen molar-refractivity contribution in [1.82, 2.24) is 0 Å². The number of rotatable bonds is 1. The van der Waals surface area contributed by atoms with E-state index in [1.807, 2.05) is 6.92 Å². The van der Waals surface area contributed by atoms with Gasteiger partial charge >= 0.3 is 0 Å². The topological polar surface area (TPSA) is 50.7 Å². The van der Waals surface area contributed by atoms with Crippen molar-refractivity contribution in [2.75, 3.05) is 0 Å². The van der Waals surface area contributed by atoms with Gasteiger partial charge in [-0.25, -0.2) is 4.39 Å². The third kappa shape index (κ3) is 2.22. The van der Waals surface area contributed by atoms with E-state index in [0.29, 0.717) is 22.8 Å². The first kappa shape index (κ1) is 11.1. The van der Waals surface area contributed by atoms with Crippen LogP contribution < -0.4 is 5.73 Å².